The largest absolute Gasteiger partial charge is 0.106 e. The molecule has 0 aliphatic heterocycles. The van der Waals surface area contributed by atoms with Gasteiger partial charge in [0.05, 0.1) is 0 Å². The Kier molecular flexibility index (Phi) is 11700. The maximum atomic E-state index is 3.36. The van der Waals surface area contributed by atoms with Crippen LogP contribution in [0.3, 0.4) is 0 Å². The van der Waals surface area contributed by atoms with Crippen molar-refractivity contribution in [3.05, 3.63) is 25.8 Å². The van der Waals surface area contributed by atoms with Crippen molar-refractivity contribution in [3.8, 4) is 0 Å². The molecule has 0 N–H and O–H groups in total. The second-order valence-corrected chi connectivity index (χ2v) is 0.408. The van der Waals surface area contributed by atoms with Gasteiger partial charge in [0.2, 0.25) is 0 Å². The first-order valence-electron chi connectivity index (χ1n) is 1.49. The number of rotatable bonds is 0. The molecule has 0 aromatic heterocycles. The summed E-state index contributed by atoms with van der Waals surface area (Å²) in [4.78, 5) is 0. The van der Waals surface area contributed by atoms with E-state index in [1.807, 2.05) is 6.92 Å². The molecule has 0 unspecified atom stereocenters. The second-order valence-electron chi connectivity index (χ2n) is 0.408. The molecule has 0 fully saturated rings. The van der Waals surface area contributed by atoms with Crippen molar-refractivity contribution < 1.29 is 0 Å². The average Bonchev–Trinajstić information content (AvgIpc) is 1.46. The Bertz CT molecular complexity index is 14.0. The Morgan fingerprint density at radius 2 is 0.889 bits per heavy atom. The first-order chi connectivity index (χ1) is 2.41. The number of hydrogen-bond acceptors (Lipinski definition) is 0. The number of hydrogen-bond donors (Lipinski definition) is 0. The molecule has 0 saturated heterocycles. The lowest BCUT2D eigenvalue weighted by molar-refractivity contribution is 1.80. The van der Waals surface area contributed by atoms with Gasteiger partial charge in [-0.2, -0.15) is 0 Å². The molecule has 0 heteroatoms. The molecular weight excluding hydrogens is 108 g/mol. The lowest BCUT2D eigenvalue weighted by atomic mass is 10.8. The van der Waals surface area contributed by atoms with Crippen LogP contribution in [0.15, 0.2) is 25.8 Å². The van der Waals surface area contributed by atoms with E-state index in [9.17, 15) is 0 Å². The molecule has 0 saturated carbocycles. The van der Waals surface area contributed by atoms with E-state index in [2.05, 4.69) is 19.7 Å². The predicted molar refractivity (Wildman–Crippen MR) is 54.0 cm³/mol. The van der Waals surface area contributed by atoms with E-state index in [-0.39, 0.29) is 29.7 Å². The molecule has 9 heavy (non-hydrogen) atoms. The van der Waals surface area contributed by atoms with E-state index in [0.29, 0.717) is 0 Å². The van der Waals surface area contributed by atoms with Gasteiger partial charge in [-0.3, -0.25) is 0 Å². The SMILES string of the molecule is C.C.C.C.C=C.C=CC. The van der Waals surface area contributed by atoms with Crippen molar-refractivity contribution in [1.82, 2.24) is 0 Å². The molecule has 62 valence electrons. The minimum atomic E-state index is 0. The van der Waals surface area contributed by atoms with Gasteiger partial charge in [0.1, 0.15) is 0 Å². The zero-order chi connectivity index (χ0) is 4.71. The molecule has 0 rings (SSSR count). The molecule has 0 aliphatic carbocycles. The maximum absolute atomic E-state index is 3.36. The van der Waals surface area contributed by atoms with Crippen LogP contribution in [0.1, 0.15) is 36.6 Å². The summed E-state index contributed by atoms with van der Waals surface area (Å²) in [6.07, 6.45) is 1.75. The molecule has 0 atom stereocenters. The van der Waals surface area contributed by atoms with Crippen molar-refractivity contribution in [2.45, 2.75) is 36.6 Å². The zero-order valence-corrected chi connectivity index (χ0v) is 3.70. The monoisotopic (exact) mass is 134 g/mol. The summed E-state index contributed by atoms with van der Waals surface area (Å²) in [6, 6.07) is 0. The van der Waals surface area contributed by atoms with Gasteiger partial charge >= 0.3 is 0 Å². The van der Waals surface area contributed by atoms with Gasteiger partial charge in [-0.05, 0) is 6.92 Å². The molecule has 0 amide bonds. The Morgan fingerprint density at radius 3 is 0.889 bits per heavy atom. The van der Waals surface area contributed by atoms with Crippen LogP contribution in [0.4, 0.5) is 0 Å². The lowest BCUT2D eigenvalue weighted by Gasteiger charge is -1.31. The Hall–Kier alpha value is -0.520. The molecule has 0 heterocycles. The third-order valence-electron chi connectivity index (χ3n) is 0. The van der Waals surface area contributed by atoms with Crippen molar-refractivity contribution in [1.29, 1.82) is 0 Å². The van der Waals surface area contributed by atoms with Gasteiger partial charge in [-0.15, -0.1) is 19.7 Å². The van der Waals surface area contributed by atoms with Crippen LogP contribution >= 0.6 is 0 Å². The van der Waals surface area contributed by atoms with Crippen molar-refractivity contribution in [2.24, 2.45) is 0 Å². The third-order valence-corrected chi connectivity index (χ3v) is 0. The lowest BCUT2D eigenvalue weighted by Crippen LogP contribution is -1.07. The van der Waals surface area contributed by atoms with E-state index in [0.717, 1.165) is 0 Å². The minimum Gasteiger partial charge on any atom is -0.106 e. The van der Waals surface area contributed by atoms with Crippen molar-refractivity contribution in [2.75, 3.05) is 0 Å². The molecule has 0 nitrogen and oxygen atoms in total. The van der Waals surface area contributed by atoms with Gasteiger partial charge in [0.15, 0.2) is 0 Å². The van der Waals surface area contributed by atoms with Crippen LogP contribution < -0.4 is 0 Å². The van der Waals surface area contributed by atoms with Crippen LogP contribution in [-0.2, 0) is 0 Å². The summed E-state index contributed by atoms with van der Waals surface area (Å²) < 4.78 is 0. The van der Waals surface area contributed by atoms with E-state index < -0.39 is 0 Å². The highest BCUT2D eigenvalue weighted by molar-refractivity contribution is 4.51. The summed E-state index contributed by atoms with van der Waals surface area (Å²) in [5.41, 5.74) is 0. The summed E-state index contributed by atoms with van der Waals surface area (Å²) in [7, 11) is 0. The smallest absolute Gasteiger partial charge is 0.0473 e. The van der Waals surface area contributed by atoms with E-state index in [1.54, 1.807) is 6.08 Å². The van der Waals surface area contributed by atoms with Gasteiger partial charge in [-0.1, -0.05) is 35.8 Å². The van der Waals surface area contributed by atoms with Crippen LogP contribution in [0, 0.1) is 0 Å². The van der Waals surface area contributed by atoms with Crippen LogP contribution in [0.25, 0.3) is 0 Å². The first kappa shape index (κ1) is 77.1. The molecule has 0 aromatic rings. The van der Waals surface area contributed by atoms with E-state index in [1.165, 1.54) is 0 Å². The van der Waals surface area contributed by atoms with Gasteiger partial charge in [0, 0.05) is 0 Å². The molecule has 0 radical (unpaired) electrons. The molecule has 0 aliphatic rings. The van der Waals surface area contributed by atoms with Crippen molar-refractivity contribution in [3.63, 3.8) is 0 Å². The fourth-order valence-corrected chi connectivity index (χ4v) is 0. The Labute approximate surface area is 63.3 Å². The molecule has 0 spiro atoms. The van der Waals surface area contributed by atoms with Gasteiger partial charge in [-0.25, -0.2) is 0 Å². The standard InChI is InChI=1S/C3H6.C2H4.4CH4/c1-3-2;1-2;;;;/h3H,1H2,2H3;1-2H2;4*1H4. The summed E-state index contributed by atoms with van der Waals surface area (Å²) in [6.45, 7) is 11.2. The Balaban J connectivity index is -0.00000000357. The zero-order valence-electron chi connectivity index (χ0n) is 3.70. The van der Waals surface area contributed by atoms with Gasteiger partial charge < -0.3 is 0 Å². The molecule has 0 bridgehead atoms. The minimum absolute atomic E-state index is 0. The highest BCUT2D eigenvalue weighted by atomic mass is 13.2. The van der Waals surface area contributed by atoms with Crippen LogP contribution in [0.2, 0.25) is 0 Å². The number of allylic oxidation sites excluding steroid dienone is 1. The first-order valence-corrected chi connectivity index (χ1v) is 1.49. The quantitative estimate of drug-likeness (QED) is 0.427. The Morgan fingerprint density at radius 1 is 0.889 bits per heavy atom. The topological polar surface area (TPSA) is 0 Å². The van der Waals surface area contributed by atoms with E-state index >= 15 is 0 Å². The van der Waals surface area contributed by atoms with Gasteiger partial charge in [0.25, 0.3) is 0 Å². The normalized spacial score (nSPS) is 1.89. The molecule has 0 aromatic carbocycles. The average molecular weight is 134 g/mol. The fraction of sp³-hybridized carbons (Fsp3) is 0.556. The maximum Gasteiger partial charge on any atom is -0.0473 e. The summed E-state index contributed by atoms with van der Waals surface area (Å²) in [5.74, 6) is 0. The van der Waals surface area contributed by atoms with Crippen LogP contribution in [-0.4, -0.2) is 0 Å². The van der Waals surface area contributed by atoms with Crippen LogP contribution in [0.5, 0.6) is 0 Å². The third kappa shape index (κ3) is 831. The highest BCUT2D eigenvalue weighted by Crippen LogP contribution is 1.38. The second kappa shape index (κ2) is 1360. The predicted octanol–water partition coefficient (Wildman–Crippen LogP) is 4.54. The summed E-state index contributed by atoms with van der Waals surface area (Å²) in [5, 5.41) is 0. The fourth-order valence-electron chi connectivity index (χ4n) is 0. The van der Waals surface area contributed by atoms with E-state index in [4.69, 9.17) is 0 Å². The highest BCUT2D eigenvalue weighted by Gasteiger charge is 1.15. The summed E-state index contributed by atoms with van der Waals surface area (Å²) >= 11 is 0. The van der Waals surface area contributed by atoms with Crippen molar-refractivity contribution >= 4 is 0 Å². The molecular formula is C9H26.